The molecule has 222 valence electrons. The van der Waals surface area contributed by atoms with Crippen LogP contribution in [0.15, 0.2) is 72.8 Å². The molecule has 0 N–H and O–H groups in total. The molecule has 0 fully saturated rings. The van der Waals surface area contributed by atoms with E-state index in [-0.39, 0.29) is 0 Å². The van der Waals surface area contributed by atoms with Crippen LogP contribution in [0.5, 0.6) is 5.75 Å². The van der Waals surface area contributed by atoms with E-state index >= 15 is 0 Å². The molecule has 0 spiro atoms. The minimum atomic E-state index is -4.22. The summed E-state index contributed by atoms with van der Waals surface area (Å²) in [5, 5.41) is 0. The summed E-state index contributed by atoms with van der Waals surface area (Å²) in [4.78, 5) is 0. The first-order chi connectivity index (χ1) is 18.7. The average molecular weight is 549 g/mol. The molecule has 0 amide bonds. The van der Waals surface area contributed by atoms with Gasteiger partial charge in [-0.05, 0) is 72.7 Å². The number of hydrogen-bond acceptors (Lipinski definition) is 1. The van der Waals surface area contributed by atoms with Crippen LogP contribution in [0.4, 0.5) is 13.2 Å². The molecule has 1 nitrogen and oxygen atoms in total. The zero-order valence-corrected chi connectivity index (χ0v) is 26.5. The summed E-state index contributed by atoms with van der Waals surface area (Å²) in [5.74, 6) is 0.928. The van der Waals surface area contributed by atoms with Gasteiger partial charge in [-0.2, -0.15) is 13.2 Å². The molecular formula is C35H55F3O. The lowest BCUT2D eigenvalue weighted by Gasteiger charge is -2.06. The van der Waals surface area contributed by atoms with Crippen LogP contribution in [0, 0.1) is 6.92 Å². The predicted molar refractivity (Wildman–Crippen MR) is 167 cm³/mol. The first-order valence-electron chi connectivity index (χ1n) is 14.6. The van der Waals surface area contributed by atoms with Gasteiger partial charge in [0.15, 0.2) is 0 Å². The van der Waals surface area contributed by atoms with Crippen LogP contribution < -0.4 is 4.74 Å². The molecule has 0 unspecified atom stereocenters. The number of benzene rings is 3. The van der Waals surface area contributed by atoms with Gasteiger partial charge in [0.05, 0.1) is 12.7 Å². The average Bonchev–Trinajstić information content (AvgIpc) is 2.98. The molecule has 0 aromatic heterocycles. The van der Waals surface area contributed by atoms with Crippen molar-refractivity contribution in [3.8, 4) is 5.75 Å². The van der Waals surface area contributed by atoms with Crippen molar-refractivity contribution >= 4 is 0 Å². The number of rotatable bonds is 6. The van der Waals surface area contributed by atoms with Crippen molar-refractivity contribution < 1.29 is 17.9 Å². The third-order valence-electron chi connectivity index (χ3n) is 5.17. The molecule has 3 aromatic rings. The lowest BCUT2D eigenvalue weighted by Crippen LogP contribution is -2.04. The van der Waals surface area contributed by atoms with E-state index in [2.05, 4.69) is 57.2 Å². The van der Waals surface area contributed by atoms with E-state index in [1.54, 1.807) is 7.11 Å². The molecule has 0 aliphatic rings. The number of aryl methyl sites for hydroxylation is 4. The smallest absolute Gasteiger partial charge is 0.416 e. The largest absolute Gasteiger partial charge is 0.497 e. The molecule has 0 bridgehead atoms. The Labute approximate surface area is 238 Å². The second-order valence-electron chi connectivity index (χ2n) is 7.82. The van der Waals surface area contributed by atoms with Crippen LogP contribution in [0.25, 0.3) is 0 Å². The Morgan fingerprint density at radius 3 is 1.46 bits per heavy atom. The molecule has 0 atom stereocenters. The first kappa shape index (κ1) is 40.7. The van der Waals surface area contributed by atoms with Crippen LogP contribution in [0.2, 0.25) is 0 Å². The Kier molecular flexibility index (Phi) is 28.0. The normalized spacial score (nSPS) is 9.28. The van der Waals surface area contributed by atoms with Gasteiger partial charge < -0.3 is 4.74 Å². The maximum absolute atomic E-state index is 12.1. The molecule has 0 heterocycles. The van der Waals surface area contributed by atoms with Gasteiger partial charge in [0, 0.05) is 0 Å². The van der Waals surface area contributed by atoms with Crippen molar-refractivity contribution in [1.82, 2.24) is 0 Å². The van der Waals surface area contributed by atoms with Crippen LogP contribution in [0.1, 0.15) is 103 Å². The van der Waals surface area contributed by atoms with E-state index in [1.807, 2.05) is 60.6 Å². The Hall–Kier alpha value is -2.75. The van der Waals surface area contributed by atoms with Crippen LogP contribution >= 0.6 is 0 Å². The van der Waals surface area contributed by atoms with Gasteiger partial charge in [0.1, 0.15) is 5.75 Å². The third kappa shape index (κ3) is 19.9. The van der Waals surface area contributed by atoms with Gasteiger partial charge in [-0.1, -0.05) is 124 Å². The number of ether oxygens (including phenoxy) is 1. The second-order valence-corrected chi connectivity index (χ2v) is 7.82. The molecule has 0 aliphatic carbocycles. The highest BCUT2D eigenvalue weighted by atomic mass is 19.4. The molecular weight excluding hydrogens is 493 g/mol. The SMILES string of the molecule is CC.CC.CC.CCCc1ccc(C(F)(F)F)cc1.CCCc1ccccc1C.CCc1ccc(OC)cc1. The minimum Gasteiger partial charge on any atom is -0.497 e. The summed E-state index contributed by atoms with van der Waals surface area (Å²) >= 11 is 0. The van der Waals surface area contributed by atoms with E-state index in [4.69, 9.17) is 4.74 Å². The minimum absolute atomic E-state index is 0.577. The summed E-state index contributed by atoms with van der Waals surface area (Å²) < 4.78 is 41.3. The second kappa shape index (κ2) is 26.8. The monoisotopic (exact) mass is 548 g/mol. The summed E-state index contributed by atoms with van der Waals surface area (Å²) in [6.07, 6.45) is 1.11. The van der Waals surface area contributed by atoms with Crippen molar-refractivity contribution in [2.75, 3.05) is 7.11 Å². The van der Waals surface area contributed by atoms with Gasteiger partial charge >= 0.3 is 6.18 Å². The molecule has 39 heavy (non-hydrogen) atoms. The molecule has 3 aromatic carbocycles. The third-order valence-corrected chi connectivity index (χ3v) is 5.17. The lowest BCUT2D eigenvalue weighted by molar-refractivity contribution is -0.137. The van der Waals surface area contributed by atoms with Crippen molar-refractivity contribution in [3.63, 3.8) is 0 Å². The Morgan fingerprint density at radius 1 is 0.615 bits per heavy atom. The fourth-order valence-corrected chi connectivity index (χ4v) is 3.17. The molecule has 3 rings (SSSR count). The van der Waals surface area contributed by atoms with Crippen molar-refractivity contribution in [2.45, 2.75) is 108 Å². The van der Waals surface area contributed by atoms with Crippen LogP contribution in [0.3, 0.4) is 0 Å². The highest BCUT2D eigenvalue weighted by molar-refractivity contribution is 5.27. The molecule has 0 saturated carbocycles. The quantitative estimate of drug-likeness (QED) is 0.298. The topological polar surface area (TPSA) is 9.23 Å². The Bertz CT molecular complexity index is 875. The van der Waals surface area contributed by atoms with Crippen LogP contribution in [-0.2, 0) is 25.4 Å². The zero-order chi connectivity index (χ0) is 30.7. The van der Waals surface area contributed by atoms with Crippen molar-refractivity contribution in [3.05, 3.63) is 101 Å². The summed E-state index contributed by atoms with van der Waals surface area (Å²) in [7, 11) is 1.68. The van der Waals surface area contributed by atoms with Gasteiger partial charge in [-0.3, -0.25) is 0 Å². The Balaban J connectivity index is -0.000000457. The first-order valence-corrected chi connectivity index (χ1v) is 14.6. The fourth-order valence-electron chi connectivity index (χ4n) is 3.17. The summed E-state index contributed by atoms with van der Waals surface area (Å²) in [6, 6.07) is 22.0. The van der Waals surface area contributed by atoms with Gasteiger partial charge in [0.25, 0.3) is 0 Å². The van der Waals surface area contributed by atoms with Gasteiger partial charge in [-0.15, -0.1) is 0 Å². The molecule has 0 saturated heterocycles. The van der Waals surface area contributed by atoms with E-state index < -0.39 is 11.7 Å². The number of halogens is 3. The van der Waals surface area contributed by atoms with E-state index in [1.165, 1.54) is 41.7 Å². The predicted octanol–water partition coefficient (Wildman–Crippen LogP) is 11.9. The molecule has 0 radical (unpaired) electrons. The Morgan fingerprint density at radius 2 is 1.08 bits per heavy atom. The summed E-state index contributed by atoms with van der Waals surface area (Å²) in [5.41, 5.74) is 4.64. The lowest BCUT2D eigenvalue weighted by atomic mass is 10.1. The maximum atomic E-state index is 12.1. The number of methoxy groups -OCH3 is 1. The van der Waals surface area contributed by atoms with E-state index in [9.17, 15) is 13.2 Å². The van der Waals surface area contributed by atoms with Crippen molar-refractivity contribution in [2.24, 2.45) is 0 Å². The fraction of sp³-hybridized carbons (Fsp3) is 0.486. The molecule has 0 aliphatic heterocycles. The summed E-state index contributed by atoms with van der Waals surface area (Å²) in [6.45, 7) is 20.5. The van der Waals surface area contributed by atoms with E-state index in [0.29, 0.717) is 0 Å². The highest BCUT2D eigenvalue weighted by Gasteiger charge is 2.29. The molecule has 4 heteroatoms. The zero-order valence-electron chi connectivity index (χ0n) is 26.5. The highest BCUT2D eigenvalue weighted by Crippen LogP contribution is 2.29. The number of alkyl halides is 3. The van der Waals surface area contributed by atoms with Gasteiger partial charge in [0.2, 0.25) is 0 Å². The van der Waals surface area contributed by atoms with E-state index in [0.717, 1.165) is 42.7 Å². The van der Waals surface area contributed by atoms with Crippen LogP contribution in [-0.4, -0.2) is 7.11 Å². The number of hydrogen-bond donors (Lipinski definition) is 0. The maximum Gasteiger partial charge on any atom is 0.416 e. The van der Waals surface area contributed by atoms with Crippen molar-refractivity contribution in [1.29, 1.82) is 0 Å². The van der Waals surface area contributed by atoms with Gasteiger partial charge in [-0.25, -0.2) is 0 Å². The standard InChI is InChI=1S/C10H11F3.C10H14.C9H12O.3C2H6/c1-2-3-8-4-6-9(7-5-8)10(11,12)13;1-3-6-10-8-5-4-7-9(10)2;1-3-8-4-6-9(10-2)7-5-8;3*1-2/h4-7H,2-3H2,1H3;4-5,7-8H,3,6H2,1-2H3;4-7H,3H2,1-2H3;3*1-2H3.